The molecule has 0 aliphatic carbocycles. The van der Waals surface area contributed by atoms with E-state index in [2.05, 4.69) is 5.32 Å². The summed E-state index contributed by atoms with van der Waals surface area (Å²) < 4.78 is 12.7. The van der Waals surface area contributed by atoms with E-state index in [1.165, 1.54) is 18.6 Å². The van der Waals surface area contributed by atoms with Crippen LogP contribution < -0.4 is 5.32 Å². The fourth-order valence-corrected chi connectivity index (χ4v) is 2.03. The van der Waals surface area contributed by atoms with Crippen molar-refractivity contribution in [2.45, 2.75) is 18.9 Å². The highest BCUT2D eigenvalue weighted by atomic mass is 35.5. The SMILES string of the molecule is Cl.Fc1ccc([C@H]2CCCN2)c(Cl)c1. The van der Waals surface area contributed by atoms with Crippen LogP contribution in [0.2, 0.25) is 5.02 Å². The molecule has 0 amide bonds. The normalized spacial score (nSPS) is 20.6. The van der Waals surface area contributed by atoms with Crippen LogP contribution in [0.1, 0.15) is 24.4 Å². The van der Waals surface area contributed by atoms with Crippen molar-refractivity contribution >= 4 is 24.0 Å². The summed E-state index contributed by atoms with van der Waals surface area (Å²) in [6.07, 6.45) is 2.25. The second-order valence-corrected chi connectivity index (χ2v) is 3.72. The zero-order chi connectivity index (χ0) is 9.26. The average Bonchev–Trinajstić information content (AvgIpc) is 2.56. The maximum absolute atomic E-state index is 12.7. The number of benzene rings is 1. The molecule has 0 bridgehead atoms. The van der Waals surface area contributed by atoms with Crippen molar-refractivity contribution < 1.29 is 4.39 Å². The average molecular weight is 236 g/mol. The first-order valence-corrected chi connectivity index (χ1v) is 4.83. The van der Waals surface area contributed by atoms with Crippen LogP contribution >= 0.6 is 24.0 Å². The van der Waals surface area contributed by atoms with E-state index < -0.39 is 0 Å². The molecule has 0 radical (unpaired) electrons. The van der Waals surface area contributed by atoms with Crippen molar-refractivity contribution in [3.63, 3.8) is 0 Å². The van der Waals surface area contributed by atoms with Gasteiger partial charge in [0, 0.05) is 11.1 Å². The summed E-state index contributed by atoms with van der Waals surface area (Å²) >= 11 is 5.93. The number of halogens is 3. The molecule has 1 N–H and O–H groups in total. The van der Waals surface area contributed by atoms with E-state index in [0.717, 1.165) is 18.5 Å². The second-order valence-electron chi connectivity index (χ2n) is 3.31. The van der Waals surface area contributed by atoms with Crippen molar-refractivity contribution in [1.82, 2.24) is 5.32 Å². The van der Waals surface area contributed by atoms with Gasteiger partial charge < -0.3 is 5.32 Å². The maximum Gasteiger partial charge on any atom is 0.124 e. The quantitative estimate of drug-likeness (QED) is 0.788. The third kappa shape index (κ3) is 2.38. The summed E-state index contributed by atoms with van der Waals surface area (Å²) in [4.78, 5) is 0. The Balaban J connectivity index is 0.000000980. The molecule has 1 fully saturated rings. The molecular formula is C10H12Cl2FN. The van der Waals surface area contributed by atoms with Crippen LogP contribution in [0, 0.1) is 5.82 Å². The number of hydrogen-bond acceptors (Lipinski definition) is 1. The van der Waals surface area contributed by atoms with Crippen LogP contribution in [0.4, 0.5) is 4.39 Å². The van der Waals surface area contributed by atoms with Crippen molar-refractivity contribution in [2.24, 2.45) is 0 Å². The minimum atomic E-state index is -0.272. The van der Waals surface area contributed by atoms with Crippen molar-refractivity contribution in [3.05, 3.63) is 34.6 Å². The van der Waals surface area contributed by atoms with Crippen molar-refractivity contribution in [1.29, 1.82) is 0 Å². The number of rotatable bonds is 1. The minimum Gasteiger partial charge on any atom is -0.310 e. The molecule has 78 valence electrons. The molecule has 0 saturated carbocycles. The van der Waals surface area contributed by atoms with E-state index in [-0.39, 0.29) is 18.2 Å². The highest BCUT2D eigenvalue weighted by molar-refractivity contribution is 6.31. The Hall–Kier alpha value is -0.310. The Bertz CT molecular complexity index is 311. The minimum absolute atomic E-state index is 0. The molecule has 1 aliphatic heterocycles. The topological polar surface area (TPSA) is 12.0 Å². The van der Waals surface area contributed by atoms with E-state index in [9.17, 15) is 4.39 Å². The second kappa shape index (κ2) is 4.96. The van der Waals surface area contributed by atoms with Gasteiger partial charge in [0.15, 0.2) is 0 Å². The predicted octanol–water partition coefficient (Wildman–Crippen LogP) is 3.33. The molecule has 2 rings (SSSR count). The lowest BCUT2D eigenvalue weighted by Gasteiger charge is -2.11. The van der Waals surface area contributed by atoms with Gasteiger partial charge >= 0.3 is 0 Å². The van der Waals surface area contributed by atoms with Gasteiger partial charge in [-0.1, -0.05) is 17.7 Å². The van der Waals surface area contributed by atoms with Crippen molar-refractivity contribution in [2.75, 3.05) is 6.54 Å². The van der Waals surface area contributed by atoms with Gasteiger partial charge in [-0.15, -0.1) is 12.4 Å². The maximum atomic E-state index is 12.7. The molecule has 0 spiro atoms. The summed E-state index contributed by atoms with van der Waals surface area (Å²) in [5.41, 5.74) is 1.01. The molecule has 0 unspecified atom stereocenters. The fraction of sp³-hybridized carbons (Fsp3) is 0.400. The van der Waals surface area contributed by atoms with Crippen LogP contribution in [0.3, 0.4) is 0 Å². The highest BCUT2D eigenvalue weighted by Crippen LogP contribution is 2.29. The monoisotopic (exact) mass is 235 g/mol. The Kier molecular flexibility index (Phi) is 4.17. The third-order valence-electron chi connectivity index (χ3n) is 2.40. The van der Waals surface area contributed by atoms with Crippen LogP contribution in [-0.4, -0.2) is 6.54 Å². The molecular weight excluding hydrogens is 224 g/mol. The van der Waals surface area contributed by atoms with Crippen LogP contribution in [0.15, 0.2) is 18.2 Å². The molecule has 1 aromatic carbocycles. The van der Waals surface area contributed by atoms with Crippen LogP contribution in [0.25, 0.3) is 0 Å². The van der Waals surface area contributed by atoms with E-state index in [4.69, 9.17) is 11.6 Å². The number of nitrogens with one attached hydrogen (secondary N) is 1. The van der Waals surface area contributed by atoms with Gasteiger partial charge in [0.05, 0.1) is 0 Å². The van der Waals surface area contributed by atoms with Gasteiger partial charge in [-0.25, -0.2) is 4.39 Å². The predicted molar refractivity (Wildman–Crippen MR) is 58.6 cm³/mol. The zero-order valence-corrected chi connectivity index (χ0v) is 9.17. The molecule has 4 heteroatoms. The molecule has 0 aromatic heterocycles. The van der Waals surface area contributed by atoms with Gasteiger partial charge in [-0.2, -0.15) is 0 Å². The van der Waals surface area contributed by atoms with Gasteiger partial charge in [-0.05, 0) is 37.1 Å². The lowest BCUT2D eigenvalue weighted by Crippen LogP contribution is -2.13. The Labute approximate surface area is 94.1 Å². The fourth-order valence-electron chi connectivity index (χ4n) is 1.73. The first-order chi connectivity index (χ1) is 6.27. The van der Waals surface area contributed by atoms with Gasteiger partial charge in [0.25, 0.3) is 0 Å². The van der Waals surface area contributed by atoms with E-state index in [1.54, 1.807) is 6.07 Å². The lowest BCUT2D eigenvalue weighted by atomic mass is 10.1. The summed E-state index contributed by atoms with van der Waals surface area (Å²) in [6, 6.07) is 4.91. The molecule has 1 heterocycles. The van der Waals surface area contributed by atoms with E-state index in [0.29, 0.717) is 11.1 Å². The number of hydrogen-bond donors (Lipinski definition) is 1. The zero-order valence-electron chi connectivity index (χ0n) is 7.59. The van der Waals surface area contributed by atoms with Crippen LogP contribution in [0.5, 0.6) is 0 Å². The highest BCUT2D eigenvalue weighted by Gasteiger charge is 2.18. The van der Waals surface area contributed by atoms with E-state index >= 15 is 0 Å². The van der Waals surface area contributed by atoms with Gasteiger partial charge in [0.2, 0.25) is 0 Å². The smallest absolute Gasteiger partial charge is 0.124 e. The largest absolute Gasteiger partial charge is 0.310 e. The van der Waals surface area contributed by atoms with Gasteiger partial charge in [0.1, 0.15) is 5.82 Å². The summed E-state index contributed by atoms with van der Waals surface area (Å²) in [7, 11) is 0. The summed E-state index contributed by atoms with van der Waals surface area (Å²) in [5.74, 6) is -0.272. The third-order valence-corrected chi connectivity index (χ3v) is 2.73. The summed E-state index contributed by atoms with van der Waals surface area (Å²) in [5, 5.41) is 3.85. The van der Waals surface area contributed by atoms with Crippen LogP contribution in [-0.2, 0) is 0 Å². The first-order valence-electron chi connectivity index (χ1n) is 4.46. The molecule has 1 aliphatic rings. The molecule has 14 heavy (non-hydrogen) atoms. The van der Waals surface area contributed by atoms with E-state index in [1.807, 2.05) is 0 Å². The summed E-state index contributed by atoms with van der Waals surface area (Å²) in [6.45, 7) is 1.03. The molecule has 1 atom stereocenters. The molecule has 1 saturated heterocycles. The molecule has 1 aromatic rings. The lowest BCUT2D eigenvalue weighted by molar-refractivity contribution is 0.617. The standard InChI is InChI=1S/C10H11ClFN.ClH/c11-9-6-7(12)3-4-8(9)10-2-1-5-13-10;/h3-4,6,10,13H,1-2,5H2;1H/t10-;/m1./s1. The molecule has 1 nitrogen and oxygen atoms in total. The Morgan fingerprint density at radius 3 is 2.79 bits per heavy atom. The first kappa shape index (κ1) is 11.8. The Morgan fingerprint density at radius 1 is 1.43 bits per heavy atom. The van der Waals surface area contributed by atoms with Crippen molar-refractivity contribution in [3.8, 4) is 0 Å². The Morgan fingerprint density at radius 2 is 2.21 bits per heavy atom. The van der Waals surface area contributed by atoms with Gasteiger partial charge in [-0.3, -0.25) is 0 Å².